The number of benzene rings is 1. The number of oxazole rings is 1. The number of pyridine rings is 1. The number of amides is 1. The van der Waals surface area contributed by atoms with Crippen LogP contribution in [0.25, 0.3) is 11.3 Å². The number of nitrogens with one attached hydrogen (secondary N) is 1. The maximum Gasteiger partial charge on any atom is 0.239 e. The standard InChI is InChI=1S/C19H19BrN4O2/c1-13(19-22-11-16(26-19)14-6-4-3-5-7-14)24(2)12-18(25)23-17-9-8-15(20)10-21-17/h3-11,13H,12H2,1-2H3,(H,21,23,25). The maximum atomic E-state index is 12.2. The van der Waals surface area contributed by atoms with Crippen LogP contribution in [0.1, 0.15) is 18.9 Å². The number of carbonyl (C=O) groups is 1. The summed E-state index contributed by atoms with van der Waals surface area (Å²) < 4.78 is 6.72. The van der Waals surface area contributed by atoms with Gasteiger partial charge in [-0.3, -0.25) is 9.69 Å². The van der Waals surface area contributed by atoms with E-state index in [1.807, 2.05) is 55.3 Å². The number of anilines is 1. The van der Waals surface area contributed by atoms with Gasteiger partial charge in [0.2, 0.25) is 11.8 Å². The fourth-order valence-corrected chi connectivity index (χ4v) is 2.64. The van der Waals surface area contributed by atoms with Crippen LogP contribution >= 0.6 is 15.9 Å². The first-order valence-electron chi connectivity index (χ1n) is 8.15. The van der Waals surface area contributed by atoms with Crippen LogP contribution in [-0.4, -0.2) is 34.4 Å². The van der Waals surface area contributed by atoms with Gasteiger partial charge < -0.3 is 9.73 Å². The zero-order valence-corrected chi connectivity index (χ0v) is 16.1. The van der Waals surface area contributed by atoms with Gasteiger partial charge in [0.05, 0.1) is 18.8 Å². The summed E-state index contributed by atoms with van der Waals surface area (Å²) in [6.45, 7) is 2.15. The Labute approximate surface area is 160 Å². The highest BCUT2D eigenvalue weighted by Crippen LogP contribution is 2.25. The Hall–Kier alpha value is -2.51. The number of hydrogen-bond donors (Lipinski definition) is 1. The lowest BCUT2D eigenvalue weighted by atomic mass is 10.2. The fourth-order valence-electron chi connectivity index (χ4n) is 2.40. The molecule has 2 heterocycles. The van der Waals surface area contributed by atoms with Gasteiger partial charge in [0, 0.05) is 16.2 Å². The first kappa shape index (κ1) is 18.3. The van der Waals surface area contributed by atoms with Crippen LogP contribution in [0.2, 0.25) is 0 Å². The van der Waals surface area contributed by atoms with Gasteiger partial charge in [0.1, 0.15) is 5.82 Å². The van der Waals surface area contributed by atoms with E-state index in [1.54, 1.807) is 18.5 Å². The Kier molecular flexibility index (Phi) is 5.80. The van der Waals surface area contributed by atoms with E-state index in [0.29, 0.717) is 17.5 Å². The molecule has 3 aromatic rings. The number of aromatic nitrogens is 2. The number of carbonyl (C=O) groups excluding carboxylic acids is 1. The molecule has 0 aliphatic rings. The van der Waals surface area contributed by atoms with Gasteiger partial charge in [0.25, 0.3) is 0 Å². The molecule has 1 atom stereocenters. The van der Waals surface area contributed by atoms with Crippen LogP contribution < -0.4 is 5.32 Å². The highest BCUT2D eigenvalue weighted by atomic mass is 79.9. The predicted octanol–water partition coefficient (Wildman–Crippen LogP) is 4.13. The van der Waals surface area contributed by atoms with Crippen LogP contribution in [-0.2, 0) is 4.79 Å². The second kappa shape index (κ2) is 8.25. The summed E-state index contributed by atoms with van der Waals surface area (Å²) in [6, 6.07) is 13.2. The first-order valence-corrected chi connectivity index (χ1v) is 8.95. The Balaban J connectivity index is 1.60. The molecule has 0 radical (unpaired) electrons. The molecule has 0 aliphatic carbocycles. The average molecular weight is 415 g/mol. The molecule has 2 aromatic heterocycles. The van der Waals surface area contributed by atoms with Gasteiger partial charge >= 0.3 is 0 Å². The minimum absolute atomic E-state index is 0.143. The van der Waals surface area contributed by atoms with Gasteiger partial charge in [-0.05, 0) is 42.0 Å². The van der Waals surface area contributed by atoms with Crippen LogP contribution in [0.3, 0.4) is 0 Å². The quantitative estimate of drug-likeness (QED) is 0.656. The molecule has 1 unspecified atom stereocenters. The molecule has 6 nitrogen and oxygen atoms in total. The Morgan fingerprint density at radius 3 is 2.65 bits per heavy atom. The van der Waals surface area contributed by atoms with Gasteiger partial charge in [0.15, 0.2) is 5.76 Å². The molecule has 1 aromatic carbocycles. The van der Waals surface area contributed by atoms with E-state index in [0.717, 1.165) is 10.0 Å². The maximum absolute atomic E-state index is 12.2. The first-order chi connectivity index (χ1) is 12.5. The van der Waals surface area contributed by atoms with Gasteiger partial charge in [-0.2, -0.15) is 0 Å². The van der Waals surface area contributed by atoms with Crippen molar-refractivity contribution in [3.63, 3.8) is 0 Å². The van der Waals surface area contributed by atoms with E-state index in [9.17, 15) is 4.79 Å². The predicted molar refractivity (Wildman–Crippen MR) is 104 cm³/mol. The zero-order chi connectivity index (χ0) is 18.5. The molecule has 134 valence electrons. The largest absolute Gasteiger partial charge is 0.439 e. The van der Waals surface area contributed by atoms with Crippen molar-refractivity contribution < 1.29 is 9.21 Å². The Morgan fingerprint density at radius 2 is 1.96 bits per heavy atom. The highest BCUT2D eigenvalue weighted by Gasteiger charge is 2.20. The highest BCUT2D eigenvalue weighted by molar-refractivity contribution is 9.10. The topological polar surface area (TPSA) is 71.3 Å². The lowest BCUT2D eigenvalue weighted by Crippen LogP contribution is -2.32. The van der Waals surface area contributed by atoms with Crippen molar-refractivity contribution >= 4 is 27.7 Å². The number of likely N-dealkylation sites (N-methyl/N-ethyl adjacent to an activating group) is 1. The van der Waals surface area contributed by atoms with E-state index < -0.39 is 0 Å². The molecule has 0 bridgehead atoms. The molecule has 0 saturated heterocycles. The number of hydrogen-bond acceptors (Lipinski definition) is 5. The van der Waals surface area contributed by atoms with E-state index in [1.165, 1.54) is 0 Å². The third-order valence-electron chi connectivity index (χ3n) is 3.99. The van der Waals surface area contributed by atoms with E-state index in [2.05, 4.69) is 31.2 Å². The van der Waals surface area contributed by atoms with E-state index >= 15 is 0 Å². The molecule has 0 saturated carbocycles. The third-order valence-corrected chi connectivity index (χ3v) is 4.46. The van der Waals surface area contributed by atoms with Crippen molar-refractivity contribution in [3.05, 3.63) is 65.2 Å². The summed E-state index contributed by atoms with van der Waals surface area (Å²) >= 11 is 3.31. The molecule has 26 heavy (non-hydrogen) atoms. The number of rotatable bonds is 6. The lowest BCUT2D eigenvalue weighted by molar-refractivity contribution is -0.117. The Morgan fingerprint density at radius 1 is 1.19 bits per heavy atom. The van der Waals surface area contributed by atoms with Crippen molar-refractivity contribution in [2.45, 2.75) is 13.0 Å². The van der Waals surface area contributed by atoms with Gasteiger partial charge in [-0.15, -0.1) is 0 Å². The van der Waals surface area contributed by atoms with Crippen molar-refractivity contribution in [1.82, 2.24) is 14.9 Å². The lowest BCUT2D eigenvalue weighted by Gasteiger charge is -2.21. The minimum atomic E-state index is -0.149. The zero-order valence-electron chi connectivity index (χ0n) is 14.5. The second-order valence-corrected chi connectivity index (χ2v) is 6.85. The third kappa shape index (κ3) is 4.56. The van der Waals surface area contributed by atoms with Gasteiger partial charge in [-0.1, -0.05) is 30.3 Å². The van der Waals surface area contributed by atoms with Gasteiger partial charge in [-0.25, -0.2) is 9.97 Å². The van der Waals surface area contributed by atoms with Crippen LogP contribution in [0.4, 0.5) is 5.82 Å². The van der Waals surface area contributed by atoms with Crippen LogP contribution in [0.5, 0.6) is 0 Å². The molecule has 0 spiro atoms. The SMILES string of the molecule is CC(c1ncc(-c2ccccc2)o1)N(C)CC(=O)Nc1ccc(Br)cn1. The normalized spacial score (nSPS) is 12.2. The molecular weight excluding hydrogens is 396 g/mol. The van der Waals surface area contributed by atoms with Crippen molar-refractivity contribution in [3.8, 4) is 11.3 Å². The summed E-state index contributed by atoms with van der Waals surface area (Å²) in [5, 5.41) is 2.77. The number of nitrogens with zero attached hydrogens (tertiary/aromatic N) is 3. The summed E-state index contributed by atoms with van der Waals surface area (Å²) in [4.78, 5) is 22.6. The molecule has 0 fully saturated rings. The van der Waals surface area contributed by atoms with Crippen molar-refractivity contribution in [2.75, 3.05) is 18.9 Å². The summed E-state index contributed by atoms with van der Waals surface area (Å²) in [5.41, 5.74) is 0.972. The van der Waals surface area contributed by atoms with E-state index in [-0.39, 0.29) is 18.5 Å². The molecular formula is C19H19BrN4O2. The van der Waals surface area contributed by atoms with Crippen molar-refractivity contribution in [1.29, 1.82) is 0 Å². The number of halogens is 1. The average Bonchev–Trinajstić information content (AvgIpc) is 3.14. The monoisotopic (exact) mass is 414 g/mol. The Bertz CT molecular complexity index is 865. The van der Waals surface area contributed by atoms with Crippen molar-refractivity contribution in [2.24, 2.45) is 0 Å². The minimum Gasteiger partial charge on any atom is -0.439 e. The molecule has 0 aliphatic heterocycles. The molecule has 1 amide bonds. The smallest absolute Gasteiger partial charge is 0.239 e. The molecule has 3 rings (SSSR count). The molecule has 1 N–H and O–H groups in total. The molecule has 7 heteroatoms. The van der Waals surface area contributed by atoms with Crippen LogP contribution in [0, 0.1) is 0 Å². The second-order valence-electron chi connectivity index (χ2n) is 5.93. The summed E-state index contributed by atoms with van der Waals surface area (Å²) in [5.74, 6) is 1.65. The summed E-state index contributed by atoms with van der Waals surface area (Å²) in [6.07, 6.45) is 3.35. The van der Waals surface area contributed by atoms with Crippen LogP contribution in [0.15, 0.2) is 63.7 Å². The fraction of sp³-hybridized carbons (Fsp3) is 0.211. The summed E-state index contributed by atoms with van der Waals surface area (Å²) in [7, 11) is 1.85. The van der Waals surface area contributed by atoms with E-state index in [4.69, 9.17) is 4.42 Å².